The van der Waals surface area contributed by atoms with Crippen molar-refractivity contribution < 1.29 is 30.0 Å². The summed E-state index contributed by atoms with van der Waals surface area (Å²) in [6, 6.07) is 10.3. The van der Waals surface area contributed by atoms with Crippen molar-refractivity contribution in [3.05, 3.63) is 35.9 Å². The highest BCUT2D eigenvalue weighted by Gasteiger charge is 2.43. The van der Waals surface area contributed by atoms with Crippen molar-refractivity contribution in [2.45, 2.75) is 69.2 Å². The van der Waals surface area contributed by atoms with Crippen LogP contribution in [0.2, 0.25) is 0 Å². The predicted octanol–water partition coefficient (Wildman–Crippen LogP) is 0.0957. The summed E-state index contributed by atoms with van der Waals surface area (Å²) < 4.78 is 5.25. The molecule has 5 atom stereocenters. The molecule has 1 saturated heterocycles. The maximum atomic E-state index is 12.0. The fourth-order valence-corrected chi connectivity index (χ4v) is 3.06. The minimum Gasteiger partial charge on any atom is -0.394 e. The van der Waals surface area contributed by atoms with Gasteiger partial charge in [0.2, 0.25) is 5.91 Å². The van der Waals surface area contributed by atoms with Gasteiger partial charge in [-0.25, -0.2) is 0 Å². The monoisotopic (exact) mass is 367 g/mol. The van der Waals surface area contributed by atoms with Gasteiger partial charge in [-0.2, -0.15) is 0 Å². The van der Waals surface area contributed by atoms with Crippen molar-refractivity contribution in [3.8, 4) is 0 Å². The Morgan fingerprint density at radius 2 is 1.65 bits per heavy atom. The van der Waals surface area contributed by atoms with Gasteiger partial charge in [-0.05, 0) is 24.8 Å². The van der Waals surface area contributed by atoms with Crippen LogP contribution in [0.15, 0.2) is 30.3 Å². The maximum absolute atomic E-state index is 12.0. The molecule has 1 aromatic carbocycles. The van der Waals surface area contributed by atoms with E-state index in [1.54, 1.807) is 0 Å². The van der Waals surface area contributed by atoms with Gasteiger partial charge in [0.1, 0.15) is 24.4 Å². The van der Waals surface area contributed by atoms with E-state index in [-0.39, 0.29) is 5.91 Å². The molecule has 0 radical (unpaired) electrons. The number of benzene rings is 1. The van der Waals surface area contributed by atoms with E-state index in [9.17, 15) is 20.1 Å². The fraction of sp³-hybridized carbons (Fsp3) is 0.632. The SMILES string of the molecule is O=C(CCCCCCc1ccccc1)N[C@@H]1O[C@H](CO)[C@H](O)[C@H](O)[C@H]1O. The number of hydrogen-bond donors (Lipinski definition) is 5. The van der Waals surface area contributed by atoms with Crippen LogP contribution >= 0.6 is 0 Å². The zero-order valence-corrected chi connectivity index (χ0v) is 14.8. The van der Waals surface area contributed by atoms with Gasteiger partial charge in [0.05, 0.1) is 6.61 Å². The Morgan fingerprint density at radius 3 is 2.35 bits per heavy atom. The minimum absolute atomic E-state index is 0.292. The van der Waals surface area contributed by atoms with Gasteiger partial charge >= 0.3 is 0 Å². The van der Waals surface area contributed by atoms with Crippen molar-refractivity contribution in [3.63, 3.8) is 0 Å². The number of aliphatic hydroxyl groups is 4. The van der Waals surface area contributed by atoms with Crippen LogP contribution in [0, 0.1) is 0 Å². The first kappa shape index (κ1) is 20.8. The van der Waals surface area contributed by atoms with Crippen LogP contribution < -0.4 is 5.32 Å². The first-order chi connectivity index (χ1) is 12.5. The topological polar surface area (TPSA) is 119 Å². The molecule has 1 aliphatic heterocycles. The molecule has 5 N–H and O–H groups in total. The fourth-order valence-electron chi connectivity index (χ4n) is 3.06. The van der Waals surface area contributed by atoms with E-state index >= 15 is 0 Å². The lowest BCUT2D eigenvalue weighted by Crippen LogP contribution is -2.63. The third-order valence-electron chi connectivity index (χ3n) is 4.66. The Bertz CT molecular complexity index is 538. The Balaban J connectivity index is 1.62. The van der Waals surface area contributed by atoms with Crippen LogP contribution in [0.5, 0.6) is 0 Å². The molecule has 1 aliphatic rings. The van der Waals surface area contributed by atoms with E-state index in [0.29, 0.717) is 6.42 Å². The van der Waals surface area contributed by atoms with Gasteiger partial charge in [0.15, 0.2) is 6.23 Å². The van der Waals surface area contributed by atoms with Crippen LogP contribution in [0.1, 0.15) is 37.7 Å². The Kier molecular flexibility index (Phi) is 8.47. The predicted molar refractivity (Wildman–Crippen MR) is 95.1 cm³/mol. The molecular weight excluding hydrogens is 338 g/mol. The lowest BCUT2D eigenvalue weighted by molar-refractivity contribution is -0.236. The molecule has 0 bridgehead atoms. The second-order valence-electron chi connectivity index (χ2n) is 6.72. The molecular formula is C19H29NO6. The van der Waals surface area contributed by atoms with Crippen molar-refractivity contribution in [2.24, 2.45) is 0 Å². The summed E-state index contributed by atoms with van der Waals surface area (Å²) in [6.45, 7) is -0.515. The number of aliphatic hydroxyl groups excluding tert-OH is 4. The molecule has 0 aliphatic carbocycles. The molecule has 146 valence electrons. The highest BCUT2D eigenvalue weighted by molar-refractivity contribution is 5.76. The van der Waals surface area contributed by atoms with E-state index in [1.807, 2.05) is 18.2 Å². The van der Waals surface area contributed by atoms with Crippen LogP contribution in [-0.4, -0.2) is 63.6 Å². The van der Waals surface area contributed by atoms with Crippen molar-refractivity contribution in [1.82, 2.24) is 5.32 Å². The lowest BCUT2D eigenvalue weighted by Gasteiger charge is -2.40. The molecule has 0 unspecified atom stereocenters. The number of unbranched alkanes of at least 4 members (excludes halogenated alkanes) is 3. The van der Waals surface area contributed by atoms with Crippen molar-refractivity contribution in [1.29, 1.82) is 0 Å². The Morgan fingerprint density at radius 1 is 0.962 bits per heavy atom. The molecule has 7 nitrogen and oxygen atoms in total. The van der Waals surface area contributed by atoms with Gasteiger partial charge in [0.25, 0.3) is 0 Å². The number of carbonyl (C=O) groups excluding carboxylic acids is 1. The van der Waals surface area contributed by atoms with Crippen LogP contribution in [0.4, 0.5) is 0 Å². The highest BCUT2D eigenvalue weighted by Crippen LogP contribution is 2.20. The summed E-state index contributed by atoms with van der Waals surface area (Å²) in [7, 11) is 0. The van der Waals surface area contributed by atoms with Crippen molar-refractivity contribution in [2.75, 3.05) is 6.61 Å². The molecule has 2 rings (SSSR count). The molecule has 1 amide bonds. The van der Waals surface area contributed by atoms with Crippen LogP contribution in [-0.2, 0) is 16.0 Å². The van der Waals surface area contributed by atoms with E-state index in [2.05, 4.69) is 17.4 Å². The minimum atomic E-state index is -1.48. The average Bonchev–Trinajstić information content (AvgIpc) is 2.65. The third kappa shape index (κ3) is 6.03. The van der Waals surface area contributed by atoms with Gasteiger partial charge in [-0.1, -0.05) is 43.2 Å². The van der Waals surface area contributed by atoms with Gasteiger partial charge in [-0.15, -0.1) is 0 Å². The zero-order chi connectivity index (χ0) is 18.9. The summed E-state index contributed by atoms with van der Waals surface area (Å²) in [4.78, 5) is 12.0. The molecule has 26 heavy (non-hydrogen) atoms. The third-order valence-corrected chi connectivity index (χ3v) is 4.66. The molecule has 0 aromatic heterocycles. The van der Waals surface area contributed by atoms with Crippen LogP contribution in [0.3, 0.4) is 0 Å². The molecule has 1 heterocycles. The highest BCUT2D eigenvalue weighted by atomic mass is 16.6. The van der Waals surface area contributed by atoms with Crippen LogP contribution in [0.25, 0.3) is 0 Å². The number of amides is 1. The second-order valence-corrected chi connectivity index (χ2v) is 6.72. The first-order valence-corrected chi connectivity index (χ1v) is 9.16. The first-order valence-electron chi connectivity index (χ1n) is 9.16. The number of rotatable bonds is 9. The second kappa shape index (κ2) is 10.6. The number of carbonyl (C=O) groups is 1. The maximum Gasteiger partial charge on any atom is 0.222 e. The average molecular weight is 367 g/mol. The smallest absolute Gasteiger partial charge is 0.222 e. The molecule has 1 aromatic rings. The van der Waals surface area contributed by atoms with E-state index in [4.69, 9.17) is 9.84 Å². The number of aryl methyl sites for hydroxylation is 1. The quantitative estimate of drug-likeness (QED) is 0.395. The van der Waals surface area contributed by atoms with Crippen molar-refractivity contribution >= 4 is 5.91 Å². The normalized spacial score (nSPS) is 28.7. The largest absolute Gasteiger partial charge is 0.394 e. The van der Waals surface area contributed by atoms with Gasteiger partial charge in [-0.3, -0.25) is 4.79 Å². The summed E-state index contributed by atoms with van der Waals surface area (Å²) >= 11 is 0. The lowest BCUT2D eigenvalue weighted by atomic mass is 9.98. The molecule has 0 saturated carbocycles. The van der Waals surface area contributed by atoms with E-state index in [1.165, 1.54) is 5.56 Å². The van der Waals surface area contributed by atoms with Gasteiger partial charge in [0, 0.05) is 6.42 Å². The van der Waals surface area contributed by atoms with E-state index < -0.39 is 37.3 Å². The zero-order valence-electron chi connectivity index (χ0n) is 14.8. The summed E-state index contributed by atoms with van der Waals surface area (Å²) in [5.74, 6) is -0.294. The summed E-state index contributed by atoms with van der Waals surface area (Å²) in [6.07, 6.45) is -1.45. The molecule has 0 spiro atoms. The standard InChI is InChI=1S/C19H29NO6/c21-12-14-16(23)17(24)18(25)19(26-14)20-15(22)11-7-2-1-4-8-13-9-5-3-6-10-13/h3,5-6,9-10,14,16-19,21,23-25H,1-2,4,7-8,11-12H2,(H,20,22)/t14-,16+,17+,18-,19-/m1/s1. The summed E-state index contributed by atoms with van der Waals surface area (Å²) in [5, 5.41) is 40.9. The number of nitrogens with one attached hydrogen (secondary N) is 1. The Hall–Kier alpha value is -1.51. The van der Waals surface area contributed by atoms with E-state index in [0.717, 1.165) is 32.1 Å². The molecule has 7 heteroatoms. The molecule has 1 fully saturated rings. The summed E-state index contributed by atoms with van der Waals surface area (Å²) in [5.41, 5.74) is 1.31. The Labute approximate surface area is 153 Å². The van der Waals surface area contributed by atoms with Gasteiger partial charge < -0.3 is 30.5 Å². The number of ether oxygens (including phenoxy) is 1. The number of hydrogen-bond acceptors (Lipinski definition) is 6.